The second-order valence-corrected chi connectivity index (χ2v) is 5.10. The van der Waals surface area contributed by atoms with Crippen LogP contribution in [0.3, 0.4) is 0 Å². The maximum atomic E-state index is 13.8. The smallest absolute Gasteiger partial charge is 0.184 e. The van der Waals surface area contributed by atoms with Gasteiger partial charge in [0, 0.05) is 20.1 Å². The third kappa shape index (κ3) is 2.56. The van der Waals surface area contributed by atoms with Crippen LogP contribution in [0.5, 0.6) is 0 Å². The van der Waals surface area contributed by atoms with E-state index in [1.54, 1.807) is 11.9 Å². The molecule has 1 saturated heterocycles. The van der Waals surface area contributed by atoms with Gasteiger partial charge in [-0.3, -0.25) is 0 Å². The standard InChI is InChI=1S/C13H19F2N3/c1-17-6-5-9(7-17)8-18(2)13-11(16)4-3-10(14)12(13)15/h3-4,9H,5-8,16H2,1-2H3. The van der Waals surface area contributed by atoms with Crippen molar-refractivity contribution in [2.24, 2.45) is 5.92 Å². The Bertz CT molecular complexity index is 436. The molecule has 0 spiro atoms. The zero-order valence-electron chi connectivity index (χ0n) is 10.8. The molecular formula is C13H19F2N3. The van der Waals surface area contributed by atoms with Gasteiger partial charge in [0.15, 0.2) is 11.6 Å². The van der Waals surface area contributed by atoms with Crippen LogP contribution < -0.4 is 10.6 Å². The van der Waals surface area contributed by atoms with Gasteiger partial charge in [-0.2, -0.15) is 0 Å². The number of nitrogens with two attached hydrogens (primary N) is 1. The van der Waals surface area contributed by atoms with E-state index in [1.807, 2.05) is 0 Å². The van der Waals surface area contributed by atoms with Gasteiger partial charge >= 0.3 is 0 Å². The van der Waals surface area contributed by atoms with Crippen LogP contribution in [0.1, 0.15) is 6.42 Å². The molecule has 5 heteroatoms. The fourth-order valence-corrected chi connectivity index (χ4v) is 2.60. The van der Waals surface area contributed by atoms with Crippen LogP contribution in [0, 0.1) is 17.6 Å². The predicted octanol–water partition coefficient (Wildman–Crippen LogP) is 1.93. The zero-order valence-corrected chi connectivity index (χ0v) is 10.8. The molecule has 1 unspecified atom stereocenters. The Morgan fingerprint density at radius 1 is 1.44 bits per heavy atom. The predicted molar refractivity (Wildman–Crippen MR) is 69.6 cm³/mol. The molecule has 0 amide bonds. The quantitative estimate of drug-likeness (QED) is 0.838. The van der Waals surface area contributed by atoms with Gasteiger partial charge in [-0.25, -0.2) is 8.78 Å². The lowest BCUT2D eigenvalue weighted by atomic mass is 10.1. The topological polar surface area (TPSA) is 32.5 Å². The van der Waals surface area contributed by atoms with E-state index in [-0.39, 0.29) is 11.4 Å². The van der Waals surface area contributed by atoms with Gasteiger partial charge in [0.1, 0.15) is 0 Å². The molecule has 1 heterocycles. The number of hydrogen-bond donors (Lipinski definition) is 1. The highest BCUT2D eigenvalue weighted by molar-refractivity contribution is 5.68. The summed E-state index contributed by atoms with van der Waals surface area (Å²) in [5, 5.41) is 0. The minimum atomic E-state index is -0.858. The maximum absolute atomic E-state index is 13.8. The Hall–Kier alpha value is -1.36. The normalized spacial score (nSPS) is 20.3. The number of halogens is 2. The third-order valence-corrected chi connectivity index (χ3v) is 3.50. The summed E-state index contributed by atoms with van der Waals surface area (Å²) < 4.78 is 27.0. The number of anilines is 2. The number of nitrogen functional groups attached to an aromatic ring is 1. The first-order valence-corrected chi connectivity index (χ1v) is 6.12. The van der Waals surface area contributed by atoms with E-state index >= 15 is 0 Å². The van der Waals surface area contributed by atoms with Crippen molar-refractivity contribution in [3.05, 3.63) is 23.8 Å². The first-order valence-electron chi connectivity index (χ1n) is 6.12. The summed E-state index contributed by atoms with van der Waals surface area (Å²) in [5.74, 6) is -1.24. The lowest BCUT2D eigenvalue weighted by molar-refractivity contribution is 0.395. The Morgan fingerprint density at radius 3 is 2.78 bits per heavy atom. The van der Waals surface area contributed by atoms with E-state index in [9.17, 15) is 8.78 Å². The maximum Gasteiger partial charge on any atom is 0.184 e. The highest BCUT2D eigenvalue weighted by Gasteiger charge is 2.23. The first-order chi connectivity index (χ1) is 8.49. The molecule has 1 aromatic rings. The van der Waals surface area contributed by atoms with Crippen molar-refractivity contribution in [1.29, 1.82) is 0 Å². The molecule has 2 N–H and O–H groups in total. The molecule has 1 aromatic carbocycles. The lowest BCUT2D eigenvalue weighted by Gasteiger charge is -2.25. The largest absolute Gasteiger partial charge is 0.397 e. The molecule has 1 aliphatic rings. The van der Waals surface area contributed by atoms with Gasteiger partial charge in [-0.05, 0) is 38.1 Å². The minimum absolute atomic E-state index is 0.171. The molecule has 0 saturated carbocycles. The highest BCUT2D eigenvalue weighted by Crippen LogP contribution is 2.29. The molecular weight excluding hydrogens is 236 g/mol. The molecule has 1 atom stereocenters. The SMILES string of the molecule is CN1CCC(CN(C)c2c(N)ccc(F)c2F)C1. The second-order valence-electron chi connectivity index (χ2n) is 5.10. The summed E-state index contributed by atoms with van der Waals surface area (Å²) in [7, 11) is 3.82. The van der Waals surface area contributed by atoms with Crippen molar-refractivity contribution >= 4 is 11.4 Å². The second kappa shape index (κ2) is 5.10. The number of nitrogens with zero attached hydrogens (tertiary/aromatic N) is 2. The number of benzene rings is 1. The molecule has 1 fully saturated rings. The van der Waals surface area contributed by atoms with E-state index in [4.69, 9.17) is 5.73 Å². The van der Waals surface area contributed by atoms with Crippen molar-refractivity contribution in [2.45, 2.75) is 6.42 Å². The van der Waals surface area contributed by atoms with Crippen LogP contribution in [0.4, 0.5) is 20.2 Å². The van der Waals surface area contributed by atoms with E-state index in [0.29, 0.717) is 12.5 Å². The van der Waals surface area contributed by atoms with Gasteiger partial charge in [-0.1, -0.05) is 0 Å². The van der Waals surface area contributed by atoms with Gasteiger partial charge in [0.2, 0.25) is 0 Å². The van der Waals surface area contributed by atoms with E-state index < -0.39 is 11.6 Å². The third-order valence-electron chi connectivity index (χ3n) is 3.50. The number of rotatable bonds is 3. The average molecular weight is 255 g/mol. The first kappa shape index (κ1) is 13.1. The lowest BCUT2D eigenvalue weighted by Crippen LogP contribution is -2.28. The Labute approximate surface area is 106 Å². The highest BCUT2D eigenvalue weighted by atomic mass is 19.2. The fourth-order valence-electron chi connectivity index (χ4n) is 2.60. The molecule has 0 aromatic heterocycles. The van der Waals surface area contributed by atoms with Crippen molar-refractivity contribution < 1.29 is 8.78 Å². The summed E-state index contributed by atoms with van der Waals surface area (Å²) >= 11 is 0. The molecule has 3 nitrogen and oxygen atoms in total. The van der Waals surface area contributed by atoms with Gasteiger partial charge in [0.25, 0.3) is 0 Å². The molecule has 18 heavy (non-hydrogen) atoms. The van der Waals surface area contributed by atoms with Crippen LogP contribution in [0.25, 0.3) is 0 Å². The Balaban J connectivity index is 2.13. The van der Waals surface area contributed by atoms with Crippen molar-refractivity contribution in [2.75, 3.05) is 44.4 Å². The summed E-state index contributed by atoms with van der Waals surface area (Å²) in [4.78, 5) is 3.96. The fraction of sp³-hybridized carbons (Fsp3) is 0.538. The average Bonchev–Trinajstić information content (AvgIpc) is 2.70. The number of likely N-dealkylation sites (tertiary alicyclic amines) is 1. The summed E-state index contributed by atoms with van der Waals surface area (Å²) in [5.41, 5.74) is 6.19. The molecule has 0 aliphatic carbocycles. The van der Waals surface area contributed by atoms with Crippen molar-refractivity contribution in [1.82, 2.24) is 4.90 Å². The Kier molecular flexibility index (Phi) is 3.71. The van der Waals surface area contributed by atoms with Crippen molar-refractivity contribution in [3.8, 4) is 0 Å². The van der Waals surface area contributed by atoms with E-state index in [2.05, 4.69) is 11.9 Å². The zero-order chi connectivity index (χ0) is 13.3. The summed E-state index contributed by atoms with van der Waals surface area (Å²) in [6, 6.07) is 2.47. The van der Waals surface area contributed by atoms with E-state index in [0.717, 1.165) is 25.6 Å². The van der Waals surface area contributed by atoms with Gasteiger partial charge < -0.3 is 15.5 Å². The molecule has 1 aliphatic heterocycles. The van der Waals surface area contributed by atoms with Gasteiger partial charge in [-0.15, -0.1) is 0 Å². The van der Waals surface area contributed by atoms with Gasteiger partial charge in [0.05, 0.1) is 11.4 Å². The molecule has 0 bridgehead atoms. The minimum Gasteiger partial charge on any atom is -0.397 e. The Morgan fingerprint density at radius 2 is 2.17 bits per heavy atom. The van der Waals surface area contributed by atoms with Crippen LogP contribution in [0.15, 0.2) is 12.1 Å². The molecule has 2 rings (SSSR count). The van der Waals surface area contributed by atoms with Crippen LogP contribution >= 0.6 is 0 Å². The molecule has 0 radical (unpaired) electrons. The van der Waals surface area contributed by atoms with Crippen LogP contribution in [-0.2, 0) is 0 Å². The van der Waals surface area contributed by atoms with Crippen LogP contribution in [-0.4, -0.2) is 38.6 Å². The van der Waals surface area contributed by atoms with Crippen molar-refractivity contribution in [3.63, 3.8) is 0 Å². The molecule has 100 valence electrons. The van der Waals surface area contributed by atoms with E-state index in [1.165, 1.54) is 6.07 Å². The monoisotopic (exact) mass is 255 g/mol. The van der Waals surface area contributed by atoms with Crippen LogP contribution in [0.2, 0.25) is 0 Å². The number of hydrogen-bond acceptors (Lipinski definition) is 3. The summed E-state index contributed by atoms with van der Waals surface area (Å²) in [6.07, 6.45) is 1.08. The summed E-state index contributed by atoms with van der Waals surface area (Å²) in [6.45, 7) is 2.73.